The zero-order valence-electron chi connectivity index (χ0n) is 10.6. The SMILES string of the molecule is Cc1nn(C)c(NC2CCCC(CO)C2)c1N. The van der Waals surface area contributed by atoms with Crippen molar-refractivity contribution in [1.82, 2.24) is 9.78 Å². The summed E-state index contributed by atoms with van der Waals surface area (Å²) in [5, 5.41) is 17.0. The maximum Gasteiger partial charge on any atom is 0.147 e. The van der Waals surface area contributed by atoms with Crippen LogP contribution >= 0.6 is 0 Å². The van der Waals surface area contributed by atoms with E-state index in [9.17, 15) is 5.11 Å². The van der Waals surface area contributed by atoms with Crippen LogP contribution in [-0.4, -0.2) is 27.5 Å². The molecule has 4 N–H and O–H groups in total. The van der Waals surface area contributed by atoms with Gasteiger partial charge in [-0.1, -0.05) is 6.42 Å². The molecule has 1 aliphatic rings. The lowest BCUT2D eigenvalue weighted by atomic mass is 9.86. The largest absolute Gasteiger partial charge is 0.396 e. The summed E-state index contributed by atoms with van der Waals surface area (Å²) in [6, 6.07) is 0.401. The predicted octanol–water partition coefficient (Wildman–Crippen LogP) is 1.27. The summed E-state index contributed by atoms with van der Waals surface area (Å²) in [5.41, 5.74) is 7.59. The van der Waals surface area contributed by atoms with Crippen molar-refractivity contribution in [2.24, 2.45) is 13.0 Å². The van der Waals surface area contributed by atoms with E-state index in [2.05, 4.69) is 10.4 Å². The van der Waals surface area contributed by atoms with Crippen molar-refractivity contribution >= 4 is 11.5 Å². The monoisotopic (exact) mass is 238 g/mol. The minimum Gasteiger partial charge on any atom is -0.396 e. The molecule has 96 valence electrons. The van der Waals surface area contributed by atoms with Gasteiger partial charge in [-0.05, 0) is 32.1 Å². The van der Waals surface area contributed by atoms with Crippen molar-refractivity contribution in [3.05, 3.63) is 5.69 Å². The van der Waals surface area contributed by atoms with Gasteiger partial charge in [-0.15, -0.1) is 0 Å². The zero-order valence-corrected chi connectivity index (χ0v) is 10.6. The molecule has 1 aromatic rings. The molecule has 1 fully saturated rings. The van der Waals surface area contributed by atoms with Crippen LogP contribution in [0, 0.1) is 12.8 Å². The summed E-state index contributed by atoms with van der Waals surface area (Å²) in [5.74, 6) is 1.34. The summed E-state index contributed by atoms with van der Waals surface area (Å²) >= 11 is 0. The fourth-order valence-corrected chi connectivity index (χ4v) is 2.63. The molecule has 0 amide bonds. The number of hydrogen-bond donors (Lipinski definition) is 3. The van der Waals surface area contributed by atoms with E-state index in [1.807, 2.05) is 14.0 Å². The van der Waals surface area contributed by atoms with Gasteiger partial charge in [0.25, 0.3) is 0 Å². The first-order valence-electron chi connectivity index (χ1n) is 6.28. The Bertz CT molecular complexity index is 388. The first-order valence-corrected chi connectivity index (χ1v) is 6.28. The Morgan fingerprint density at radius 1 is 1.53 bits per heavy atom. The molecule has 17 heavy (non-hydrogen) atoms. The molecule has 1 aliphatic carbocycles. The van der Waals surface area contributed by atoms with Gasteiger partial charge in [-0.3, -0.25) is 4.68 Å². The van der Waals surface area contributed by atoms with Crippen LogP contribution < -0.4 is 11.1 Å². The molecule has 0 aliphatic heterocycles. The van der Waals surface area contributed by atoms with Crippen LogP contribution in [0.2, 0.25) is 0 Å². The number of nitrogens with one attached hydrogen (secondary N) is 1. The second kappa shape index (κ2) is 4.96. The predicted molar refractivity (Wildman–Crippen MR) is 68.8 cm³/mol. The molecule has 5 heteroatoms. The van der Waals surface area contributed by atoms with Gasteiger partial charge in [0.1, 0.15) is 5.82 Å². The molecular formula is C12H22N4O. The Kier molecular flexibility index (Phi) is 3.57. The van der Waals surface area contributed by atoms with Gasteiger partial charge >= 0.3 is 0 Å². The third-order valence-corrected chi connectivity index (χ3v) is 3.65. The molecule has 0 saturated heterocycles. The van der Waals surface area contributed by atoms with Gasteiger partial charge < -0.3 is 16.2 Å². The second-order valence-corrected chi connectivity index (χ2v) is 5.03. The van der Waals surface area contributed by atoms with Crippen molar-refractivity contribution in [2.45, 2.75) is 38.6 Å². The van der Waals surface area contributed by atoms with Crippen LogP contribution in [0.25, 0.3) is 0 Å². The van der Waals surface area contributed by atoms with Crippen LogP contribution in [0.3, 0.4) is 0 Å². The van der Waals surface area contributed by atoms with E-state index in [1.54, 1.807) is 4.68 Å². The van der Waals surface area contributed by atoms with Crippen molar-refractivity contribution in [2.75, 3.05) is 17.7 Å². The maximum atomic E-state index is 9.22. The lowest BCUT2D eigenvalue weighted by Crippen LogP contribution is -2.29. The van der Waals surface area contributed by atoms with Gasteiger partial charge in [0.2, 0.25) is 0 Å². The van der Waals surface area contributed by atoms with Crippen LogP contribution in [0.1, 0.15) is 31.4 Å². The zero-order chi connectivity index (χ0) is 12.4. The van der Waals surface area contributed by atoms with Crippen molar-refractivity contribution in [3.63, 3.8) is 0 Å². The van der Waals surface area contributed by atoms with Crippen LogP contribution in [0.4, 0.5) is 11.5 Å². The molecule has 1 aromatic heterocycles. The quantitative estimate of drug-likeness (QED) is 0.741. The highest BCUT2D eigenvalue weighted by molar-refractivity contribution is 5.64. The van der Waals surface area contributed by atoms with Gasteiger partial charge in [-0.2, -0.15) is 5.10 Å². The first-order chi connectivity index (χ1) is 8.11. The Labute approximate surface area is 102 Å². The van der Waals surface area contributed by atoms with E-state index in [0.717, 1.165) is 36.5 Å². The van der Waals surface area contributed by atoms with Crippen LogP contribution in [0.5, 0.6) is 0 Å². The van der Waals surface area contributed by atoms with E-state index in [-0.39, 0.29) is 6.61 Å². The summed E-state index contributed by atoms with van der Waals surface area (Å²) in [4.78, 5) is 0. The molecular weight excluding hydrogens is 216 g/mol. The number of rotatable bonds is 3. The summed E-state index contributed by atoms with van der Waals surface area (Å²) in [6.45, 7) is 2.20. The number of nitrogens with zero attached hydrogens (tertiary/aromatic N) is 2. The van der Waals surface area contributed by atoms with Gasteiger partial charge in [-0.25, -0.2) is 0 Å². The average Bonchev–Trinajstić information content (AvgIpc) is 2.56. The molecule has 0 spiro atoms. The molecule has 1 heterocycles. The van der Waals surface area contributed by atoms with Crippen molar-refractivity contribution in [3.8, 4) is 0 Å². The maximum absolute atomic E-state index is 9.22. The van der Waals surface area contributed by atoms with Crippen molar-refractivity contribution in [1.29, 1.82) is 0 Å². The number of nitrogens with two attached hydrogens (primary N) is 1. The van der Waals surface area contributed by atoms with Crippen molar-refractivity contribution < 1.29 is 5.11 Å². The average molecular weight is 238 g/mol. The number of anilines is 2. The number of aryl methyl sites for hydroxylation is 2. The topological polar surface area (TPSA) is 76.1 Å². The highest BCUT2D eigenvalue weighted by atomic mass is 16.3. The van der Waals surface area contributed by atoms with Crippen LogP contribution in [0.15, 0.2) is 0 Å². The second-order valence-electron chi connectivity index (χ2n) is 5.03. The van der Waals surface area contributed by atoms with E-state index in [1.165, 1.54) is 6.42 Å². The Morgan fingerprint density at radius 2 is 2.29 bits per heavy atom. The molecule has 0 aromatic carbocycles. The van der Waals surface area contributed by atoms with Gasteiger partial charge in [0, 0.05) is 19.7 Å². The van der Waals surface area contributed by atoms with E-state index < -0.39 is 0 Å². The minimum atomic E-state index is 0.290. The number of nitrogen functional groups attached to an aromatic ring is 1. The Hall–Kier alpha value is -1.23. The third-order valence-electron chi connectivity index (χ3n) is 3.65. The third kappa shape index (κ3) is 2.54. The fourth-order valence-electron chi connectivity index (χ4n) is 2.63. The summed E-state index contributed by atoms with van der Waals surface area (Å²) in [6.07, 6.45) is 4.45. The van der Waals surface area contributed by atoms with Gasteiger partial charge in [0.15, 0.2) is 0 Å². The minimum absolute atomic E-state index is 0.290. The fraction of sp³-hybridized carbons (Fsp3) is 0.750. The highest BCUT2D eigenvalue weighted by Crippen LogP contribution is 2.29. The summed E-state index contributed by atoms with van der Waals surface area (Å²) in [7, 11) is 1.90. The number of aromatic nitrogens is 2. The molecule has 0 bridgehead atoms. The molecule has 0 radical (unpaired) electrons. The van der Waals surface area contributed by atoms with Crippen LogP contribution in [-0.2, 0) is 7.05 Å². The summed E-state index contributed by atoms with van der Waals surface area (Å²) < 4.78 is 1.80. The number of aliphatic hydroxyl groups excluding tert-OH is 1. The number of aliphatic hydroxyl groups is 1. The molecule has 2 unspecified atom stereocenters. The molecule has 2 atom stereocenters. The lowest BCUT2D eigenvalue weighted by Gasteiger charge is -2.29. The highest BCUT2D eigenvalue weighted by Gasteiger charge is 2.23. The lowest BCUT2D eigenvalue weighted by molar-refractivity contribution is 0.184. The standard InChI is InChI=1S/C12H22N4O/c1-8-11(13)12(16(2)15-8)14-10-5-3-4-9(6-10)7-17/h9-10,14,17H,3-7,13H2,1-2H3. The molecule has 1 saturated carbocycles. The first kappa shape index (κ1) is 12.2. The van der Waals surface area contributed by atoms with E-state index in [0.29, 0.717) is 12.0 Å². The van der Waals surface area contributed by atoms with Gasteiger partial charge in [0.05, 0.1) is 11.4 Å². The normalized spacial score (nSPS) is 24.9. The number of hydrogen-bond acceptors (Lipinski definition) is 4. The molecule has 5 nitrogen and oxygen atoms in total. The van der Waals surface area contributed by atoms with E-state index >= 15 is 0 Å². The Balaban J connectivity index is 2.05. The van der Waals surface area contributed by atoms with E-state index in [4.69, 9.17) is 5.73 Å². The smallest absolute Gasteiger partial charge is 0.147 e. The Morgan fingerprint density at radius 3 is 2.88 bits per heavy atom. The molecule has 2 rings (SSSR count).